The Morgan fingerprint density at radius 1 is 1.03 bits per heavy atom. The molecule has 4 nitrogen and oxygen atoms in total. The number of carbonyl (C=O) groups excluding carboxylic acids is 2. The van der Waals surface area contributed by atoms with Crippen LogP contribution < -0.4 is 5.32 Å². The molecule has 0 bridgehead atoms. The molecule has 1 amide bonds. The lowest BCUT2D eigenvalue weighted by Gasteiger charge is -2.26. The minimum absolute atomic E-state index is 0.145. The highest BCUT2D eigenvalue weighted by molar-refractivity contribution is 6.33. The van der Waals surface area contributed by atoms with E-state index < -0.39 is 29.5 Å². The van der Waals surface area contributed by atoms with Crippen LogP contribution in [0.1, 0.15) is 69.9 Å². The number of hydrogen-bond donors (Lipinski definition) is 1. The summed E-state index contributed by atoms with van der Waals surface area (Å²) in [7, 11) is 0. The first kappa shape index (κ1) is 28.3. The van der Waals surface area contributed by atoms with Gasteiger partial charge in [-0.2, -0.15) is 13.2 Å². The van der Waals surface area contributed by atoms with Gasteiger partial charge in [-0.1, -0.05) is 48.3 Å². The van der Waals surface area contributed by atoms with E-state index in [4.69, 9.17) is 27.9 Å². The fourth-order valence-corrected chi connectivity index (χ4v) is 4.51. The molecule has 0 aliphatic heterocycles. The Hall–Kier alpha value is -2.25. The molecular weight excluding hydrogens is 514 g/mol. The van der Waals surface area contributed by atoms with Crippen molar-refractivity contribution in [2.75, 3.05) is 5.32 Å². The maximum Gasteiger partial charge on any atom is 0.392 e. The summed E-state index contributed by atoms with van der Waals surface area (Å²) in [5, 5.41) is 3.14. The van der Waals surface area contributed by atoms with E-state index in [1.165, 1.54) is 24.3 Å². The molecule has 1 aliphatic carbocycles. The molecule has 1 saturated carbocycles. The van der Waals surface area contributed by atoms with Crippen LogP contribution in [0.15, 0.2) is 42.5 Å². The van der Waals surface area contributed by atoms with Crippen molar-refractivity contribution in [3.05, 3.63) is 63.6 Å². The zero-order valence-electron chi connectivity index (χ0n) is 20.6. The number of anilines is 1. The van der Waals surface area contributed by atoms with Crippen molar-refractivity contribution < 1.29 is 27.5 Å². The lowest BCUT2D eigenvalue weighted by Crippen LogP contribution is -2.34. The minimum atomic E-state index is -4.60. The molecule has 0 radical (unpaired) electrons. The summed E-state index contributed by atoms with van der Waals surface area (Å²) < 4.78 is 46.5. The number of nitrogens with one attached hydrogen (secondary N) is 1. The standard InChI is InChI=1S/C27H30Cl2F3NO3/c1-15(27(30,31)32)24(17-7-10-19(28)11-8-17)25(35)33-22-13-18(9-12-21(22)29)20(16-5-6-16)14-23(34)36-26(2,3)4/h7-13,15-16,20,24H,5-6,14H2,1-4H3,(H,33,35)/t15?,20-,24-/m0/s1. The molecule has 3 rings (SSSR count). The fourth-order valence-electron chi connectivity index (χ4n) is 4.22. The number of ether oxygens (including phenoxy) is 1. The van der Waals surface area contributed by atoms with Crippen molar-refractivity contribution in [3.63, 3.8) is 0 Å². The van der Waals surface area contributed by atoms with Gasteiger partial charge in [0.2, 0.25) is 5.91 Å². The van der Waals surface area contributed by atoms with Crippen molar-refractivity contribution in [3.8, 4) is 0 Å². The average molecular weight is 544 g/mol. The molecule has 1 aliphatic rings. The highest BCUT2D eigenvalue weighted by Crippen LogP contribution is 2.46. The summed E-state index contributed by atoms with van der Waals surface area (Å²) in [6.45, 7) is 6.37. The van der Waals surface area contributed by atoms with E-state index in [2.05, 4.69) is 5.32 Å². The van der Waals surface area contributed by atoms with Crippen LogP contribution in [0.5, 0.6) is 0 Å². The van der Waals surface area contributed by atoms with E-state index in [0.717, 1.165) is 25.3 Å². The molecule has 2 aromatic rings. The van der Waals surface area contributed by atoms with Gasteiger partial charge in [0.25, 0.3) is 0 Å². The molecule has 0 aromatic heterocycles. The maximum absolute atomic E-state index is 13.7. The summed E-state index contributed by atoms with van der Waals surface area (Å²) in [6.07, 6.45) is -2.52. The number of benzene rings is 2. The molecule has 0 spiro atoms. The van der Waals surface area contributed by atoms with Gasteiger partial charge in [0.15, 0.2) is 0 Å². The molecule has 196 valence electrons. The van der Waals surface area contributed by atoms with Gasteiger partial charge in [0, 0.05) is 5.02 Å². The van der Waals surface area contributed by atoms with Crippen molar-refractivity contribution in [1.29, 1.82) is 0 Å². The zero-order valence-corrected chi connectivity index (χ0v) is 22.1. The number of alkyl halides is 3. The van der Waals surface area contributed by atoms with Gasteiger partial charge < -0.3 is 10.1 Å². The largest absolute Gasteiger partial charge is 0.460 e. The van der Waals surface area contributed by atoms with Crippen molar-refractivity contribution >= 4 is 40.8 Å². The van der Waals surface area contributed by atoms with E-state index >= 15 is 0 Å². The molecule has 9 heteroatoms. The SMILES string of the molecule is CC([C@H](C(=O)Nc1cc([C@@H](CC(=O)OC(C)(C)C)C2CC2)ccc1Cl)c1ccc(Cl)cc1)C(F)(F)F. The summed E-state index contributed by atoms with van der Waals surface area (Å²) in [6, 6.07) is 10.7. The van der Waals surface area contributed by atoms with E-state index in [9.17, 15) is 22.8 Å². The van der Waals surface area contributed by atoms with Crippen LogP contribution in [0.2, 0.25) is 10.0 Å². The second kappa shape index (κ2) is 11.0. The fraction of sp³-hybridized carbons (Fsp3) is 0.481. The predicted octanol–water partition coefficient (Wildman–Crippen LogP) is 8.14. The first-order valence-corrected chi connectivity index (χ1v) is 12.6. The molecule has 3 atom stereocenters. The monoisotopic (exact) mass is 543 g/mol. The van der Waals surface area contributed by atoms with Crippen LogP contribution in [0.25, 0.3) is 0 Å². The number of rotatable bonds is 8. The quantitative estimate of drug-likeness (QED) is 0.342. The Balaban J connectivity index is 1.88. The van der Waals surface area contributed by atoms with Crippen LogP contribution >= 0.6 is 23.2 Å². The van der Waals surface area contributed by atoms with Crippen LogP contribution in [0.3, 0.4) is 0 Å². The summed E-state index contributed by atoms with van der Waals surface area (Å²) >= 11 is 12.2. The summed E-state index contributed by atoms with van der Waals surface area (Å²) in [4.78, 5) is 25.7. The third-order valence-electron chi connectivity index (χ3n) is 6.20. The topological polar surface area (TPSA) is 55.4 Å². The molecular formula is C27H30Cl2F3NO3. The number of amides is 1. The van der Waals surface area contributed by atoms with Crippen LogP contribution in [-0.4, -0.2) is 23.7 Å². The van der Waals surface area contributed by atoms with Crippen molar-refractivity contribution in [2.24, 2.45) is 11.8 Å². The first-order chi connectivity index (χ1) is 16.7. The Morgan fingerprint density at radius 3 is 2.14 bits per heavy atom. The number of esters is 1. The summed E-state index contributed by atoms with van der Waals surface area (Å²) in [5.74, 6) is -4.49. The predicted molar refractivity (Wildman–Crippen MR) is 135 cm³/mol. The summed E-state index contributed by atoms with van der Waals surface area (Å²) in [5.41, 5.74) is 0.544. The Kier molecular flexibility index (Phi) is 8.67. The number of hydrogen-bond acceptors (Lipinski definition) is 3. The second-order valence-electron chi connectivity index (χ2n) is 10.3. The van der Waals surface area contributed by atoms with E-state index in [0.29, 0.717) is 5.02 Å². The van der Waals surface area contributed by atoms with Gasteiger partial charge >= 0.3 is 12.1 Å². The smallest absolute Gasteiger partial charge is 0.392 e. The zero-order chi connectivity index (χ0) is 26.8. The highest BCUT2D eigenvalue weighted by Gasteiger charge is 2.45. The molecule has 2 aromatic carbocycles. The maximum atomic E-state index is 13.7. The Morgan fingerprint density at radius 2 is 1.61 bits per heavy atom. The normalized spacial score (nSPS) is 16.7. The van der Waals surface area contributed by atoms with Crippen LogP contribution in [0.4, 0.5) is 18.9 Å². The van der Waals surface area contributed by atoms with Crippen LogP contribution in [0, 0.1) is 11.8 Å². The van der Waals surface area contributed by atoms with Gasteiger partial charge in [-0.05, 0) is 80.8 Å². The van der Waals surface area contributed by atoms with Gasteiger partial charge in [-0.25, -0.2) is 0 Å². The van der Waals surface area contributed by atoms with Gasteiger partial charge in [0.05, 0.1) is 29.0 Å². The Bertz CT molecular complexity index is 1090. The molecule has 0 heterocycles. The molecule has 1 N–H and O–H groups in total. The van der Waals surface area contributed by atoms with E-state index in [1.807, 2.05) is 0 Å². The molecule has 36 heavy (non-hydrogen) atoms. The van der Waals surface area contributed by atoms with E-state index in [1.54, 1.807) is 39.0 Å². The number of carbonyl (C=O) groups is 2. The van der Waals surface area contributed by atoms with Crippen molar-refractivity contribution in [1.82, 2.24) is 0 Å². The average Bonchev–Trinajstić information content (AvgIpc) is 3.58. The van der Waals surface area contributed by atoms with Gasteiger partial charge in [-0.15, -0.1) is 0 Å². The van der Waals surface area contributed by atoms with Gasteiger partial charge in [0.1, 0.15) is 5.60 Å². The van der Waals surface area contributed by atoms with Crippen molar-refractivity contribution in [2.45, 2.75) is 70.6 Å². The molecule has 0 saturated heterocycles. The highest BCUT2D eigenvalue weighted by atomic mass is 35.5. The second-order valence-corrected chi connectivity index (χ2v) is 11.2. The first-order valence-electron chi connectivity index (χ1n) is 11.8. The molecule has 1 unspecified atom stereocenters. The van der Waals surface area contributed by atoms with Gasteiger partial charge in [-0.3, -0.25) is 9.59 Å². The number of halogens is 5. The Labute approximate surface area is 219 Å². The third-order valence-corrected chi connectivity index (χ3v) is 6.78. The molecule has 1 fully saturated rings. The lowest BCUT2D eigenvalue weighted by molar-refractivity contribution is -0.178. The third kappa shape index (κ3) is 7.62. The van der Waals surface area contributed by atoms with Crippen LogP contribution in [-0.2, 0) is 14.3 Å². The minimum Gasteiger partial charge on any atom is -0.460 e. The lowest BCUT2D eigenvalue weighted by atomic mass is 9.85. The van der Waals surface area contributed by atoms with E-state index in [-0.39, 0.29) is 40.5 Å².